The number of ether oxygens (including phenoxy) is 1. The lowest BCUT2D eigenvalue weighted by atomic mass is 10.1. The molecule has 1 rings (SSSR count). The minimum atomic E-state index is -0.866. The number of rotatable bonds is 8. The molecule has 0 aromatic rings. The molecule has 3 nitrogen and oxygen atoms in total. The molecule has 4 atom stereocenters. The third-order valence-corrected chi connectivity index (χ3v) is 3.25. The van der Waals surface area contributed by atoms with Crippen LogP contribution in [0, 0.1) is 23.7 Å². The Morgan fingerprint density at radius 1 is 1.15 bits per heavy atom. The summed E-state index contributed by atoms with van der Waals surface area (Å²) in [7, 11) is 0. The van der Waals surface area contributed by atoms with Crippen molar-refractivity contribution < 1.29 is 14.9 Å². The summed E-state index contributed by atoms with van der Waals surface area (Å²) in [4.78, 5) is 0. The highest BCUT2D eigenvalue weighted by Gasteiger charge is 2.42. The highest BCUT2D eigenvalue weighted by atomic mass is 16.6. The van der Waals surface area contributed by atoms with Gasteiger partial charge in [-0.05, 0) is 18.3 Å². The van der Waals surface area contributed by atoms with Crippen LogP contribution in [0.15, 0.2) is 12.7 Å². The third-order valence-electron chi connectivity index (χ3n) is 3.25. The van der Waals surface area contributed by atoms with E-state index >= 15 is 0 Å². The Morgan fingerprint density at radius 3 is 2.55 bits per heavy atom. The predicted molar refractivity (Wildman–Crippen MR) is 79.8 cm³/mol. The van der Waals surface area contributed by atoms with Crippen molar-refractivity contribution >= 4 is 0 Å². The highest BCUT2D eigenvalue weighted by molar-refractivity contribution is 5.30. The Balaban J connectivity index is 2.17. The molecule has 1 saturated heterocycles. The van der Waals surface area contributed by atoms with Crippen molar-refractivity contribution in [1.82, 2.24) is 0 Å². The van der Waals surface area contributed by atoms with Crippen LogP contribution in [-0.2, 0) is 4.74 Å². The Labute approximate surface area is 122 Å². The van der Waals surface area contributed by atoms with E-state index in [9.17, 15) is 5.11 Å². The van der Waals surface area contributed by atoms with Gasteiger partial charge in [-0.1, -0.05) is 63.5 Å². The van der Waals surface area contributed by atoms with E-state index in [1.165, 1.54) is 31.8 Å². The maximum Gasteiger partial charge on any atom is 0.144 e. The quantitative estimate of drug-likeness (QED) is 0.309. The zero-order valence-electron chi connectivity index (χ0n) is 12.1. The van der Waals surface area contributed by atoms with Crippen LogP contribution in [0.25, 0.3) is 0 Å². The van der Waals surface area contributed by atoms with Gasteiger partial charge in [-0.15, -0.1) is 0 Å². The molecular formula is C17H24O3. The summed E-state index contributed by atoms with van der Waals surface area (Å²) in [5.74, 6) is 10.1. The molecule has 0 amide bonds. The second kappa shape index (κ2) is 9.61. The van der Waals surface area contributed by atoms with Crippen LogP contribution in [0.5, 0.6) is 0 Å². The first-order valence-corrected chi connectivity index (χ1v) is 7.34. The molecule has 3 heteroatoms. The number of hydrogen-bond acceptors (Lipinski definition) is 3. The zero-order chi connectivity index (χ0) is 14.8. The Kier molecular flexibility index (Phi) is 8.07. The van der Waals surface area contributed by atoms with Crippen molar-refractivity contribution in [2.75, 3.05) is 0 Å². The molecule has 110 valence electrons. The SMILES string of the molecule is C=C[C@H](O)C#CC#C[C@@H](O)C1OC1CCCCCCC. The fourth-order valence-corrected chi connectivity index (χ4v) is 1.98. The monoisotopic (exact) mass is 276 g/mol. The van der Waals surface area contributed by atoms with Gasteiger partial charge in [-0.2, -0.15) is 0 Å². The van der Waals surface area contributed by atoms with E-state index in [0.717, 1.165) is 12.8 Å². The Bertz CT molecular complexity index is 407. The minimum Gasteiger partial charge on any atom is -0.377 e. The molecule has 2 unspecified atom stereocenters. The number of epoxide rings is 1. The summed E-state index contributed by atoms with van der Waals surface area (Å²) in [6, 6.07) is 0. The first-order chi connectivity index (χ1) is 9.69. The summed E-state index contributed by atoms with van der Waals surface area (Å²) in [5.41, 5.74) is 0. The van der Waals surface area contributed by atoms with Gasteiger partial charge in [-0.25, -0.2) is 0 Å². The van der Waals surface area contributed by atoms with E-state index in [4.69, 9.17) is 9.84 Å². The number of unbranched alkanes of at least 4 members (excludes halogenated alkanes) is 4. The summed E-state index contributed by atoms with van der Waals surface area (Å²) in [6.45, 7) is 5.60. The summed E-state index contributed by atoms with van der Waals surface area (Å²) in [6.07, 6.45) is 6.83. The van der Waals surface area contributed by atoms with Gasteiger partial charge in [-0.3, -0.25) is 0 Å². The second-order valence-electron chi connectivity index (χ2n) is 5.01. The number of aliphatic hydroxyl groups excluding tert-OH is 2. The molecule has 1 fully saturated rings. The zero-order valence-corrected chi connectivity index (χ0v) is 12.1. The van der Waals surface area contributed by atoms with Gasteiger partial charge in [0.1, 0.15) is 18.3 Å². The van der Waals surface area contributed by atoms with E-state index in [1.807, 2.05) is 0 Å². The van der Waals surface area contributed by atoms with Gasteiger partial charge >= 0.3 is 0 Å². The van der Waals surface area contributed by atoms with Crippen molar-refractivity contribution in [1.29, 1.82) is 0 Å². The van der Waals surface area contributed by atoms with Gasteiger partial charge in [0, 0.05) is 0 Å². The molecular weight excluding hydrogens is 252 g/mol. The minimum absolute atomic E-state index is 0.146. The second-order valence-corrected chi connectivity index (χ2v) is 5.01. The van der Waals surface area contributed by atoms with Crippen LogP contribution >= 0.6 is 0 Å². The molecule has 0 bridgehead atoms. The van der Waals surface area contributed by atoms with Gasteiger partial charge < -0.3 is 14.9 Å². The van der Waals surface area contributed by atoms with Crippen molar-refractivity contribution in [3.8, 4) is 23.7 Å². The van der Waals surface area contributed by atoms with Crippen LogP contribution in [0.1, 0.15) is 45.4 Å². The van der Waals surface area contributed by atoms with Crippen LogP contribution in [0.3, 0.4) is 0 Å². The fraction of sp³-hybridized carbons (Fsp3) is 0.647. The average molecular weight is 276 g/mol. The first kappa shape index (κ1) is 16.8. The van der Waals surface area contributed by atoms with Crippen LogP contribution in [0.4, 0.5) is 0 Å². The molecule has 20 heavy (non-hydrogen) atoms. The normalized spacial score (nSPS) is 22.8. The molecule has 2 N–H and O–H groups in total. The van der Waals surface area contributed by atoms with Crippen LogP contribution in [0.2, 0.25) is 0 Å². The standard InChI is InChI=1S/C17H24O3/c1-3-5-6-7-8-13-16-17(20-16)15(19)12-10-9-11-14(18)4-2/h4,14-19H,2-3,5-8,13H2,1H3/t14-,15+,16?,17?/m0/s1. The van der Waals surface area contributed by atoms with E-state index < -0.39 is 12.2 Å². The lowest BCUT2D eigenvalue weighted by Crippen LogP contribution is -2.14. The van der Waals surface area contributed by atoms with Crippen molar-refractivity contribution in [3.05, 3.63) is 12.7 Å². The van der Waals surface area contributed by atoms with E-state index in [-0.39, 0.29) is 12.2 Å². The van der Waals surface area contributed by atoms with Crippen molar-refractivity contribution in [2.45, 2.75) is 69.9 Å². The lowest BCUT2D eigenvalue weighted by molar-refractivity contribution is 0.185. The molecule has 0 spiro atoms. The molecule has 0 aliphatic carbocycles. The topological polar surface area (TPSA) is 53.0 Å². The molecule has 0 aromatic heterocycles. The smallest absolute Gasteiger partial charge is 0.144 e. The van der Waals surface area contributed by atoms with Crippen molar-refractivity contribution in [3.63, 3.8) is 0 Å². The maximum absolute atomic E-state index is 9.77. The number of hydrogen-bond donors (Lipinski definition) is 2. The van der Waals surface area contributed by atoms with E-state index in [2.05, 4.69) is 37.2 Å². The van der Waals surface area contributed by atoms with E-state index in [1.54, 1.807) is 0 Å². The molecule has 1 aliphatic rings. The predicted octanol–water partition coefficient (Wildman–Crippen LogP) is 2.03. The average Bonchev–Trinajstić information content (AvgIpc) is 3.22. The largest absolute Gasteiger partial charge is 0.377 e. The molecule has 1 aliphatic heterocycles. The van der Waals surface area contributed by atoms with Gasteiger partial charge in [0.05, 0.1) is 6.10 Å². The van der Waals surface area contributed by atoms with Gasteiger partial charge in [0.15, 0.2) is 0 Å². The lowest BCUT2D eigenvalue weighted by Gasteiger charge is -1.98. The van der Waals surface area contributed by atoms with Crippen LogP contribution < -0.4 is 0 Å². The highest BCUT2D eigenvalue weighted by Crippen LogP contribution is 2.30. The van der Waals surface area contributed by atoms with Crippen molar-refractivity contribution in [2.24, 2.45) is 0 Å². The van der Waals surface area contributed by atoms with E-state index in [0.29, 0.717) is 0 Å². The molecule has 0 aromatic carbocycles. The molecule has 1 heterocycles. The van der Waals surface area contributed by atoms with Gasteiger partial charge in [0.2, 0.25) is 0 Å². The summed E-state index contributed by atoms with van der Waals surface area (Å²) >= 11 is 0. The third kappa shape index (κ3) is 6.78. The summed E-state index contributed by atoms with van der Waals surface area (Å²) < 4.78 is 5.42. The Morgan fingerprint density at radius 2 is 1.85 bits per heavy atom. The fourth-order valence-electron chi connectivity index (χ4n) is 1.98. The molecule has 0 radical (unpaired) electrons. The maximum atomic E-state index is 9.77. The van der Waals surface area contributed by atoms with Crippen LogP contribution in [-0.4, -0.2) is 34.6 Å². The molecule has 0 saturated carbocycles. The first-order valence-electron chi connectivity index (χ1n) is 7.34. The number of aliphatic hydroxyl groups is 2. The van der Waals surface area contributed by atoms with Gasteiger partial charge in [0.25, 0.3) is 0 Å². The Hall–Kier alpha value is -1.26. The summed E-state index contributed by atoms with van der Waals surface area (Å²) in [5, 5.41) is 18.9.